The van der Waals surface area contributed by atoms with E-state index in [1.807, 2.05) is 30.0 Å². The van der Waals surface area contributed by atoms with Gasteiger partial charge in [-0.25, -0.2) is 9.78 Å². The topological polar surface area (TPSA) is 70.4 Å². The third-order valence-corrected chi connectivity index (χ3v) is 5.38. The minimum Gasteiger partial charge on any atom is -0.394 e. The van der Waals surface area contributed by atoms with Gasteiger partial charge in [0, 0.05) is 19.6 Å². The van der Waals surface area contributed by atoms with E-state index < -0.39 is 5.54 Å². The molecule has 0 saturated carbocycles. The van der Waals surface area contributed by atoms with Crippen molar-refractivity contribution >= 4 is 17.1 Å². The average molecular weight is 358 g/mol. The Morgan fingerprint density at radius 3 is 2.88 bits per heavy atom. The highest BCUT2D eigenvalue weighted by molar-refractivity contribution is 5.76. The molecular weight excluding hydrogens is 328 g/mol. The molecule has 1 aromatic carbocycles. The molecule has 1 saturated heterocycles. The number of nitrogens with one attached hydrogen (secondary N) is 1. The Kier molecular flexibility index (Phi) is 5.51. The molecule has 1 aliphatic heterocycles. The zero-order chi connectivity index (χ0) is 18.7. The summed E-state index contributed by atoms with van der Waals surface area (Å²) < 4.78 is 2.13. The van der Waals surface area contributed by atoms with E-state index in [9.17, 15) is 9.90 Å². The van der Waals surface area contributed by atoms with E-state index in [1.165, 1.54) is 0 Å². The standard InChI is InChI=1S/C20H30N4O2/c1-15(2)13-20(14-25)9-6-11-24(20)19(26)21-10-12-23-16(3)22-17-7-4-5-8-18(17)23/h4-5,7-8,15,25H,6,9-14H2,1-3H3,(H,21,26). The van der Waals surface area contributed by atoms with Crippen molar-refractivity contribution in [1.29, 1.82) is 0 Å². The SMILES string of the molecule is Cc1nc2ccccc2n1CCNC(=O)N1CCCC1(CO)CC(C)C. The molecule has 6 heteroatoms. The minimum atomic E-state index is -0.407. The second kappa shape index (κ2) is 7.66. The van der Waals surface area contributed by atoms with Crippen molar-refractivity contribution in [2.24, 2.45) is 5.92 Å². The second-order valence-corrected chi connectivity index (χ2v) is 7.77. The number of hydrogen-bond acceptors (Lipinski definition) is 3. The van der Waals surface area contributed by atoms with Gasteiger partial charge >= 0.3 is 6.03 Å². The molecule has 0 spiro atoms. The van der Waals surface area contributed by atoms with Crippen molar-refractivity contribution < 1.29 is 9.90 Å². The molecule has 3 rings (SSSR count). The fraction of sp³-hybridized carbons (Fsp3) is 0.600. The highest BCUT2D eigenvalue weighted by Gasteiger charge is 2.43. The van der Waals surface area contributed by atoms with Crippen molar-refractivity contribution in [2.45, 2.75) is 52.1 Å². The maximum absolute atomic E-state index is 12.8. The van der Waals surface area contributed by atoms with Crippen LogP contribution in [0.1, 0.15) is 38.9 Å². The van der Waals surface area contributed by atoms with Gasteiger partial charge in [-0.3, -0.25) is 0 Å². The average Bonchev–Trinajstić information content (AvgIpc) is 3.16. The summed E-state index contributed by atoms with van der Waals surface area (Å²) in [6, 6.07) is 7.97. The minimum absolute atomic E-state index is 0.0316. The van der Waals surface area contributed by atoms with Gasteiger partial charge in [-0.2, -0.15) is 0 Å². The molecule has 6 nitrogen and oxygen atoms in total. The van der Waals surface area contributed by atoms with Gasteiger partial charge in [0.1, 0.15) is 5.82 Å². The van der Waals surface area contributed by atoms with Crippen LogP contribution in [0.2, 0.25) is 0 Å². The van der Waals surface area contributed by atoms with Gasteiger partial charge < -0.3 is 19.9 Å². The Morgan fingerprint density at radius 2 is 2.15 bits per heavy atom. The molecule has 1 atom stereocenters. The van der Waals surface area contributed by atoms with Gasteiger partial charge in [0.15, 0.2) is 0 Å². The van der Waals surface area contributed by atoms with Crippen molar-refractivity contribution in [3.8, 4) is 0 Å². The molecule has 0 radical (unpaired) electrons. The number of imidazole rings is 1. The quantitative estimate of drug-likeness (QED) is 0.834. The monoisotopic (exact) mass is 358 g/mol. The van der Waals surface area contributed by atoms with Gasteiger partial charge in [0.2, 0.25) is 0 Å². The van der Waals surface area contributed by atoms with Crippen LogP contribution in [-0.2, 0) is 6.54 Å². The Bertz CT molecular complexity index is 770. The highest BCUT2D eigenvalue weighted by atomic mass is 16.3. The van der Waals surface area contributed by atoms with E-state index in [0.29, 0.717) is 25.6 Å². The van der Waals surface area contributed by atoms with Crippen LogP contribution in [-0.4, -0.2) is 50.8 Å². The number of aliphatic hydroxyl groups excluding tert-OH is 1. The summed E-state index contributed by atoms with van der Waals surface area (Å²) in [6.45, 7) is 8.23. The van der Waals surface area contributed by atoms with Gasteiger partial charge in [-0.1, -0.05) is 26.0 Å². The number of aryl methyl sites for hydroxylation is 1. The number of urea groups is 1. The molecule has 1 unspecified atom stereocenters. The van der Waals surface area contributed by atoms with Gasteiger partial charge in [-0.05, 0) is 44.2 Å². The zero-order valence-corrected chi connectivity index (χ0v) is 16.0. The zero-order valence-electron chi connectivity index (χ0n) is 16.0. The van der Waals surface area contributed by atoms with Gasteiger partial charge in [0.25, 0.3) is 0 Å². The number of aromatic nitrogens is 2. The Balaban J connectivity index is 1.64. The molecule has 142 valence electrons. The summed E-state index contributed by atoms with van der Waals surface area (Å²) in [5.41, 5.74) is 1.66. The lowest BCUT2D eigenvalue weighted by molar-refractivity contribution is 0.0676. The Labute approximate surface area is 155 Å². The number of nitrogens with zero attached hydrogens (tertiary/aromatic N) is 3. The van der Waals surface area contributed by atoms with Crippen LogP contribution in [0.4, 0.5) is 4.79 Å². The highest BCUT2D eigenvalue weighted by Crippen LogP contribution is 2.34. The van der Waals surface area contributed by atoms with Crippen molar-refractivity contribution in [3.05, 3.63) is 30.1 Å². The maximum Gasteiger partial charge on any atom is 0.318 e. The molecule has 2 amide bonds. The number of rotatable bonds is 6. The predicted octanol–water partition coefficient (Wildman–Crippen LogP) is 2.93. The largest absolute Gasteiger partial charge is 0.394 e. The van der Waals surface area contributed by atoms with Crippen LogP contribution in [0.3, 0.4) is 0 Å². The van der Waals surface area contributed by atoms with Crippen LogP contribution < -0.4 is 5.32 Å². The van der Waals surface area contributed by atoms with Gasteiger partial charge in [0.05, 0.1) is 23.2 Å². The molecule has 26 heavy (non-hydrogen) atoms. The maximum atomic E-state index is 12.8. The van der Waals surface area contributed by atoms with E-state index in [1.54, 1.807) is 0 Å². The summed E-state index contributed by atoms with van der Waals surface area (Å²) in [5.74, 6) is 1.39. The molecule has 0 aliphatic carbocycles. The summed E-state index contributed by atoms with van der Waals surface area (Å²) in [6.07, 6.45) is 2.66. The lowest BCUT2D eigenvalue weighted by atomic mass is 9.87. The number of carbonyl (C=O) groups is 1. The third kappa shape index (κ3) is 3.56. The fourth-order valence-electron chi connectivity index (χ4n) is 4.30. The molecule has 2 aromatic rings. The number of aliphatic hydroxyl groups is 1. The number of hydrogen-bond donors (Lipinski definition) is 2. The van der Waals surface area contributed by atoms with E-state index in [2.05, 4.69) is 34.8 Å². The van der Waals surface area contributed by atoms with Gasteiger partial charge in [-0.15, -0.1) is 0 Å². The van der Waals surface area contributed by atoms with Crippen molar-refractivity contribution in [1.82, 2.24) is 19.8 Å². The molecule has 1 aromatic heterocycles. The molecule has 2 heterocycles. The van der Waals surface area contributed by atoms with Crippen LogP contribution in [0.5, 0.6) is 0 Å². The summed E-state index contributed by atoms with van der Waals surface area (Å²) in [5, 5.41) is 13.0. The molecule has 1 aliphatic rings. The second-order valence-electron chi connectivity index (χ2n) is 7.77. The number of fused-ring (bicyclic) bond motifs is 1. The summed E-state index contributed by atoms with van der Waals surface area (Å²) >= 11 is 0. The van der Waals surface area contributed by atoms with E-state index in [-0.39, 0.29) is 12.6 Å². The third-order valence-electron chi connectivity index (χ3n) is 5.38. The lowest BCUT2D eigenvalue weighted by Crippen LogP contribution is -2.54. The Hall–Kier alpha value is -2.08. The lowest BCUT2D eigenvalue weighted by Gasteiger charge is -2.38. The summed E-state index contributed by atoms with van der Waals surface area (Å²) in [7, 11) is 0. The normalized spacial score (nSPS) is 20.3. The van der Waals surface area contributed by atoms with E-state index >= 15 is 0 Å². The molecule has 1 fully saturated rings. The van der Waals surface area contributed by atoms with Crippen LogP contribution in [0, 0.1) is 12.8 Å². The van der Waals surface area contributed by atoms with E-state index in [0.717, 1.165) is 36.1 Å². The predicted molar refractivity (Wildman–Crippen MR) is 103 cm³/mol. The molecule has 2 N–H and O–H groups in total. The number of benzene rings is 1. The number of para-hydroxylation sites is 2. The first kappa shape index (κ1) is 18.7. The first-order valence-electron chi connectivity index (χ1n) is 9.55. The first-order chi connectivity index (χ1) is 12.5. The Morgan fingerprint density at radius 1 is 1.38 bits per heavy atom. The smallest absolute Gasteiger partial charge is 0.318 e. The van der Waals surface area contributed by atoms with Crippen LogP contribution >= 0.6 is 0 Å². The number of carbonyl (C=O) groups excluding carboxylic acids is 1. The molecule has 0 bridgehead atoms. The van der Waals surface area contributed by atoms with Crippen molar-refractivity contribution in [3.63, 3.8) is 0 Å². The summed E-state index contributed by atoms with van der Waals surface area (Å²) in [4.78, 5) is 19.2. The first-order valence-corrected chi connectivity index (χ1v) is 9.55. The number of likely N-dealkylation sites (tertiary alicyclic amines) is 1. The fourth-order valence-corrected chi connectivity index (χ4v) is 4.30. The van der Waals surface area contributed by atoms with Crippen LogP contribution in [0.15, 0.2) is 24.3 Å². The van der Waals surface area contributed by atoms with E-state index in [4.69, 9.17) is 0 Å². The van der Waals surface area contributed by atoms with Crippen molar-refractivity contribution in [2.75, 3.05) is 19.7 Å². The number of amides is 2. The van der Waals surface area contributed by atoms with Crippen LogP contribution in [0.25, 0.3) is 11.0 Å². The molecular formula is C20H30N4O2.